The molecule has 8 nitrogen and oxygen atoms in total. The first kappa shape index (κ1) is 21.1. The van der Waals surface area contributed by atoms with Gasteiger partial charge in [-0.05, 0) is 25.5 Å². The quantitative estimate of drug-likeness (QED) is 0.600. The van der Waals surface area contributed by atoms with Crippen molar-refractivity contribution in [2.75, 3.05) is 32.7 Å². The van der Waals surface area contributed by atoms with Gasteiger partial charge in [-0.3, -0.25) is 10.1 Å². The summed E-state index contributed by atoms with van der Waals surface area (Å²) in [6, 6.07) is 8.67. The number of rotatable bonds is 6. The fourth-order valence-electron chi connectivity index (χ4n) is 2.74. The van der Waals surface area contributed by atoms with Crippen LogP contribution in [0.4, 0.5) is 4.79 Å². The molecule has 1 heterocycles. The van der Waals surface area contributed by atoms with Crippen LogP contribution < -0.4 is 15.5 Å². The Labute approximate surface area is 160 Å². The number of carbonyl (C=O) groups excluding carboxylic acids is 2. The predicted molar refractivity (Wildman–Crippen MR) is 103 cm³/mol. The van der Waals surface area contributed by atoms with Gasteiger partial charge in [0.1, 0.15) is 0 Å². The van der Waals surface area contributed by atoms with Crippen molar-refractivity contribution in [1.82, 2.24) is 14.9 Å². The number of amides is 3. The van der Waals surface area contributed by atoms with Crippen molar-refractivity contribution < 1.29 is 22.9 Å². The molecular weight excluding hydrogens is 368 g/mol. The van der Waals surface area contributed by atoms with Gasteiger partial charge in [0.15, 0.2) is 6.54 Å². The fraction of sp³-hybridized carbons (Fsp3) is 0.444. The first-order chi connectivity index (χ1) is 12.8. The summed E-state index contributed by atoms with van der Waals surface area (Å²) in [6.45, 7) is 5.45. The van der Waals surface area contributed by atoms with Gasteiger partial charge in [0, 0.05) is 11.4 Å². The minimum absolute atomic E-state index is 0.0529. The summed E-state index contributed by atoms with van der Waals surface area (Å²) in [4.78, 5) is 24.4. The summed E-state index contributed by atoms with van der Waals surface area (Å²) in [5.74, 6) is -0.372. The van der Waals surface area contributed by atoms with Crippen molar-refractivity contribution in [3.05, 3.63) is 41.3 Å². The molecule has 0 aromatic heterocycles. The Morgan fingerprint density at radius 1 is 1.19 bits per heavy atom. The second-order valence-electron chi connectivity index (χ2n) is 6.76. The highest BCUT2D eigenvalue weighted by Crippen LogP contribution is 2.08. The van der Waals surface area contributed by atoms with E-state index in [1.165, 1.54) is 9.71 Å². The number of nitrogens with zero attached hydrogens (tertiary/aromatic N) is 1. The largest absolute Gasteiger partial charge is 0.336 e. The van der Waals surface area contributed by atoms with E-state index in [2.05, 4.69) is 10.6 Å². The van der Waals surface area contributed by atoms with E-state index < -0.39 is 16.1 Å². The number of quaternary nitrogens is 1. The summed E-state index contributed by atoms with van der Waals surface area (Å²) < 4.78 is 26.3. The van der Waals surface area contributed by atoms with Gasteiger partial charge in [-0.1, -0.05) is 30.3 Å². The number of benzene rings is 1. The first-order valence-electron chi connectivity index (χ1n) is 8.93. The molecule has 0 saturated carbocycles. The van der Waals surface area contributed by atoms with Crippen LogP contribution in [0.25, 0.3) is 6.08 Å². The van der Waals surface area contributed by atoms with Crippen molar-refractivity contribution in [2.24, 2.45) is 0 Å². The molecule has 0 spiro atoms. The molecule has 3 N–H and O–H groups in total. The molecule has 148 valence electrons. The van der Waals surface area contributed by atoms with Gasteiger partial charge >= 0.3 is 6.03 Å². The molecule has 0 bridgehead atoms. The average molecular weight is 396 g/mol. The molecule has 1 aromatic rings. The maximum Gasteiger partial charge on any atom is 0.321 e. The lowest BCUT2D eigenvalue weighted by Crippen LogP contribution is -3.15. The number of piperazine rings is 1. The van der Waals surface area contributed by atoms with Crippen LogP contribution in [0.2, 0.25) is 0 Å². The van der Waals surface area contributed by atoms with Gasteiger partial charge in [0.05, 0.1) is 26.2 Å². The third kappa shape index (κ3) is 7.12. The van der Waals surface area contributed by atoms with Crippen LogP contribution in [0.1, 0.15) is 19.4 Å². The summed E-state index contributed by atoms with van der Waals surface area (Å²) in [7, 11) is -3.49. The van der Waals surface area contributed by atoms with E-state index in [0.717, 1.165) is 10.5 Å². The lowest BCUT2D eigenvalue weighted by atomic mass is 10.2. The molecule has 0 radical (unpaired) electrons. The van der Waals surface area contributed by atoms with E-state index in [-0.39, 0.29) is 18.5 Å². The van der Waals surface area contributed by atoms with Crippen LogP contribution >= 0.6 is 0 Å². The van der Waals surface area contributed by atoms with Crippen molar-refractivity contribution in [3.63, 3.8) is 0 Å². The zero-order chi connectivity index (χ0) is 19.9. The molecular formula is C18H27N4O4S+. The first-order valence-corrected chi connectivity index (χ1v) is 10.4. The summed E-state index contributed by atoms with van der Waals surface area (Å²) in [6.07, 6.45) is 1.58. The van der Waals surface area contributed by atoms with Gasteiger partial charge in [0.2, 0.25) is 10.0 Å². The summed E-state index contributed by atoms with van der Waals surface area (Å²) in [5, 5.41) is 6.09. The molecule has 0 unspecified atom stereocenters. The van der Waals surface area contributed by atoms with Gasteiger partial charge < -0.3 is 10.2 Å². The molecule has 9 heteroatoms. The Morgan fingerprint density at radius 3 is 2.41 bits per heavy atom. The molecule has 27 heavy (non-hydrogen) atoms. The zero-order valence-corrected chi connectivity index (χ0v) is 16.5. The molecule has 0 atom stereocenters. The lowest BCUT2D eigenvalue weighted by molar-refractivity contribution is -0.895. The highest BCUT2D eigenvalue weighted by Gasteiger charge is 2.28. The highest BCUT2D eigenvalue weighted by atomic mass is 32.2. The second-order valence-corrected chi connectivity index (χ2v) is 8.58. The predicted octanol–water partition coefficient (Wildman–Crippen LogP) is -0.578. The fourth-order valence-corrected chi connectivity index (χ4v) is 3.94. The Balaban J connectivity index is 1.81. The number of sulfonamides is 1. The molecule has 3 amide bonds. The summed E-state index contributed by atoms with van der Waals surface area (Å²) in [5.41, 5.74) is 0.821. The van der Waals surface area contributed by atoms with E-state index in [4.69, 9.17) is 0 Å². The van der Waals surface area contributed by atoms with E-state index >= 15 is 0 Å². The number of urea groups is 1. The molecule has 1 aromatic carbocycles. The van der Waals surface area contributed by atoms with Crippen molar-refractivity contribution in [2.45, 2.75) is 19.9 Å². The minimum Gasteiger partial charge on any atom is -0.336 e. The molecule has 1 fully saturated rings. The SMILES string of the molecule is CC(C)NC(=O)NC(=O)C[NH+]1CCN(S(=O)(=O)/C=C/c2ccccc2)CC1. The Hall–Kier alpha value is -2.23. The second kappa shape index (κ2) is 9.63. The number of hydrogen-bond donors (Lipinski definition) is 3. The normalized spacial score (nSPS) is 16.6. The van der Waals surface area contributed by atoms with Gasteiger partial charge in [0.25, 0.3) is 5.91 Å². The smallest absolute Gasteiger partial charge is 0.321 e. The summed E-state index contributed by atoms with van der Waals surface area (Å²) >= 11 is 0. The Morgan fingerprint density at radius 2 is 1.81 bits per heavy atom. The zero-order valence-electron chi connectivity index (χ0n) is 15.6. The monoisotopic (exact) mass is 395 g/mol. The van der Waals surface area contributed by atoms with E-state index in [1.807, 2.05) is 30.3 Å². The van der Waals surface area contributed by atoms with Crippen molar-refractivity contribution in [1.29, 1.82) is 0 Å². The van der Waals surface area contributed by atoms with Crippen molar-refractivity contribution >= 4 is 28.0 Å². The maximum absolute atomic E-state index is 12.4. The highest BCUT2D eigenvalue weighted by molar-refractivity contribution is 7.92. The van der Waals surface area contributed by atoms with E-state index in [9.17, 15) is 18.0 Å². The Bertz CT molecular complexity index is 770. The van der Waals surface area contributed by atoms with Crippen molar-refractivity contribution in [3.8, 4) is 0 Å². The third-order valence-electron chi connectivity index (χ3n) is 4.10. The van der Waals surface area contributed by atoms with Crippen LogP contribution in [-0.2, 0) is 14.8 Å². The minimum atomic E-state index is -3.49. The average Bonchev–Trinajstić information content (AvgIpc) is 2.60. The van der Waals surface area contributed by atoms with Gasteiger partial charge in [-0.2, -0.15) is 4.31 Å². The number of carbonyl (C=O) groups is 2. The van der Waals surface area contributed by atoms with Crippen LogP contribution in [-0.4, -0.2) is 63.4 Å². The topological polar surface area (TPSA) is 100 Å². The Kier molecular flexibility index (Phi) is 7.52. The van der Waals surface area contributed by atoms with Crippen LogP contribution in [0.5, 0.6) is 0 Å². The maximum atomic E-state index is 12.4. The standard InChI is InChI=1S/C18H26N4O4S/c1-15(2)19-18(24)20-17(23)14-21-9-11-22(12-10-21)27(25,26)13-8-16-6-4-3-5-7-16/h3-8,13,15H,9-12,14H2,1-2H3,(H2,19,20,23,24)/p+1/b13-8+. The molecule has 2 rings (SSSR count). The molecule has 1 saturated heterocycles. The number of imide groups is 1. The van der Waals surface area contributed by atoms with Gasteiger partial charge in [-0.15, -0.1) is 0 Å². The van der Waals surface area contributed by atoms with E-state index in [1.54, 1.807) is 19.9 Å². The van der Waals surface area contributed by atoms with E-state index in [0.29, 0.717) is 26.2 Å². The third-order valence-corrected chi connectivity index (χ3v) is 5.67. The van der Waals surface area contributed by atoms with Gasteiger partial charge in [-0.25, -0.2) is 13.2 Å². The van der Waals surface area contributed by atoms with Crippen LogP contribution in [0.3, 0.4) is 0 Å². The number of hydrogen-bond acceptors (Lipinski definition) is 4. The lowest BCUT2D eigenvalue weighted by Gasteiger charge is -2.30. The van der Waals surface area contributed by atoms with Crippen LogP contribution in [0, 0.1) is 0 Å². The molecule has 0 aliphatic carbocycles. The molecule has 1 aliphatic heterocycles. The molecule has 1 aliphatic rings. The number of nitrogens with one attached hydrogen (secondary N) is 3. The van der Waals surface area contributed by atoms with Crippen LogP contribution in [0.15, 0.2) is 35.7 Å².